The largest absolute Gasteiger partial charge is 0.364 e. The highest BCUT2D eigenvalue weighted by Gasteiger charge is 2.24. The molecule has 60 valence electrons. The maximum absolute atomic E-state index is 4.43. The van der Waals surface area contributed by atoms with Gasteiger partial charge in [0.05, 0.1) is 6.54 Å². The van der Waals surface area contributed by atoms with Crippen LogP contribution in [0.15, 0.2) is 16.5 Å². The third-order valence-corrected chi connectivity index (χ3v) is 2.55. The van der Waals surface area contributed by atoms with Crippen LogP contribution >= 0.6 is 22.6 Å². The summed E-state index contributed by atoms with van der Waals surface area (Å²) in [5, 5.41) is 3.23. The maximum atomic E-state index is 4.43. The molecular formula is C6H9IN4. The quantitative estimate of drug-likeness (QED) is 0.330. The van der Waals surface area contributed by atoms with Crippen LogP contribution in [0.5, 0.6) is 0 Å². The minimum atomic E-state index is 0.283. The standard InChI is InChI=1S/C6H9IN4/c1-3-2-8-6-4(9-3)5(7)10-11-6/h5,8,10-11H,2H2,1H3. The van der Waals surface area contributed by atoms with Crippen molar-refractivity contribution in [3.63, 3.8) is 0 Å². The van der Waals surface area contributed by atoms with Crippen molar-refractivity contribution in [3.8, 4) is 0 Å². The number of nitrogens with one attached hydrogen (secondary N) is 3. The molecule has 0 radical (unpaired) electrons. The molecule has 0 saturated heterocycles. The highest BCUT2D eigenvalue weighted by molar-refractivity contribution is 14.1. The molecule has 0 aromatic heterocycles. The Balaban J connectivity index is 2.31. The second-order valence-corrected chi connectivity index (χ2v) is 3.84. The summed E-state index contributed by atoms with van der Waals surface area (Å²) in [5.41, 5.74) is 8.32. The molecule has 0 spiro atoms. The molecule has 0 amide bonds. The zero-order valence-electron chi connectivity index (χ0n) is 6.11. The lowest BCUT2D eigenvalue weighted by Crippen LogP contribution is -2.34. The fraction of sp³-hybridized carbons (Fsp3) is 0.500. The molecule has 2 heterocycles. The summed E-state index contributed by atoms with van der Waals surface area (Å²) >= 11 is 2.30. The molecule has 0 saturated carbocycles. The molecule has 2 rings (SSSR count). The van der Waals surface area contributed by atoms with Crippen molar-refractivity contribution in [3.05, 3.63) is 11.5 Å². The second-order valence-electron chi connectivity index (χ2n) is 2.59. The predicted octanol–water partition coefficient (Wildman–Crippen LogP) is 0.0885. The van der Waals surface area contributed by atoms with Crippen LogP contribution in [-0.2, 0) is 0 Å². The zero-order chi connectivity index (χ0) is 7.84. The third-order valence-electron chi connectivity index (χ3n) is 1.65. The SMILES string of the molecule is CC1=NC2=C(NC1)NNC2I. The number of hydrogen-bond donors (Lipinski definition) is 3. The van der Waals surface area contributed by atoms with Gasteiger partial charge in [-0.2, -0.15) is 0 Å². The van der Waals surface area contributed by atoms with Gasteiger partial charge in [0, 0.05) is 5.71 Å². The van der Waals surface area contributed by atoms with E-state index in [0.717, 1.165) is 23.8 Å². The van der Waals surface area contributed by atoms with Crippen LogP contribution in [0, 0.1) is 0 Å². The van der Waals surface area contributed by atoms with Crippen LogP contribution < -0.4 is 16.2 Å². The predicted molar refractivity (Wildman–Crippen MR) is 52.2 cm³/mol. The Kier molecular flexibility index (Phi) is 1.76. The smallest absolute Gasteiger partial charge is 0.138 e. The van der Waals surface area contributed by atoms with Crippen molar-refractivity contribution >= 4 is 28.3 Å². The van der Waals surface area contributed by atoms with Crippen molar-refractivity contribution in [2.45, 2.75) is 11.0 Å². The Morgan fingerprint density at radius 1 is 1.64 bits per heavy atom. The number of alkyl halides is 1. The van der Waals surface area contributed by atoms with Crippen molar-refractivity contribution in [2.24, 2.45) is 4.99 Å². The number of nitrogens with zero attached hydrogens (tertiary/aromatic N) is 1. The lowest BCUT2D eigenvalue weighted by atomic mass is 10.3. The van der Waals surface area contributed by atoms with Crippen molar-refractivity contribution in [1.29, 1.82) is 0 Å². The molecule has 1 unspecified atom stereocenters. The van der Waals surface area contributed by atoms with Crippen LogP contribution in [0.2, 0.25) is 0 Å². The average Bonchev–Trinajstić information content (AvgIpc) is 2.33. The van der Waals surface area contributed by atoms with E-state index in [1.165, 1.54) is 0 Å². The van der Waals surface area contributed by atoms with E-state index >= 15 is 0 Å². The van der Waals surface area contributed by atoms with E-state index in [-0.39, 0.29) is 4.05 Å². The summed E-state index contributed by atoms with van der Waals surface area (Å²) in [4.78, 5) is 4.43. The van der Waals surface area contributed by atoms with E-state index < -0.39 is 0 Å². The fourth-order valence-electron chi connectivity index (χ4n) is 1.10. The van der Waals surface area contributed by atoms with Gasteiger partial charge >= 0.3 is 0 Å². The minimum absolute atomic E-state index is 0.283. The van der Waals surface area contributed by atoms with E-state index in [0.29, 0.717) is 0 Å². The molecule has 4 nitrogen and oxygen atoms in total. The first-order chi connectivity index (χ1) is 5.27. The van der Waals surface area contributed by atoms with Crippen molar-refractivity contribution in [1.82, 2.24) is 16.2 Å². The summed E-state index contributed by atoms with van der Waals surface area (Å²) in [6, 6.07) is 0. The van der Waals surface area contributed by atoms with Gasteiger partial charge < -0.3 is 10.7 Å². The zero-order valence-corrected chi connectivity index (χ0v) is 8.27. The molecule has 3 N–H and O–H groups in total. The van der Waals surface area contributed by atoms with Gasteiger partial charge in [0.25, 0.3) is 0 Å². The van der Waals surface area contributed by atoms with Gasteiger partial charge in [0.1, 0.15) is 15.6 Å². The van der Waals surface area contributed by atoms with E-state index in [1.54, 1.807) is 0 Å². The molecule has 0 aromatic carbocycles. The number of hydrogen-bond acceptors (Lipinski definition) is 4. The average molecular weight is 264 g/mol. The molecule has 0 aromatic rings. The Bertz CT molecular complexity index is 245. The van der Waals surface area contributed by atoms with Gasteiger partial charge in [-0.3, -0.25) is 4.99 Å². The number of halogens is 1. The van der Waals surface area contributed by atoms with Crippen molar-refractivity contribution < 1.29 is 0 Å². The molecule has 0 fully saturated rings. The second kappa shape index (κ2) is 2.63. The summed E-state index contributed by atoms with van der Waals surface area (Å²) in [6.07, 6.45) is 0. The van der Waals surface area contributed by atoms with Gasteiger partial charge in [0.15, 0.2) is 0 Å². The minimum Gasteiger partial charge on any atom is -0.364 e. The maximum Gasteiger partial charge on any atom is 0.138 e. The lowest BCUT2D eigenvalue weighted by Gasteiger charge is -2.13. The Morgan fingerprint density at radius 3 is 3.27 bits per heavy atom. The van der Waals surface area contributed by atoms with Crippen molar-refractivity contribution in [2.75, 3.05) is 6.54 Å². The number of aliphatic imine (C=N–C) groups is 1. The van der Waals surface area contributed by atoms with Gasteiger partial charge in [-0.15, -0.1) is 0 Å². The molecule has 1 atom stereocenters. The molecule has 0 bridgehead atoms. The molecule has 5 heteroatoms. The fourth-order valence-corrected chi connectivity index (χ4v) is 1.71. The van der Waals surface area contributed by atoms with Gasteiger partial charge in [-0.1, -0.05) is 22.6 Å². The van der Waals surface area contributed by atoms with Crippen LogP contribution in [0.3, 0.4) is 0 Å². The van der Waals surface area contributed by atoms with Gasteiger partial charge in [0.2, 0.25) is 0 Å². The molecular weight excluding hydrogens is 255 g/mol. The first-order valence-corrected chi connectivity index (χ1v) is 4.70. The van der Waals surface area contributed by atoms with Crippen LogP contribution in [0.4, 0.5) is 0 Å². The molecule has 2 aliphatic heterocycles. The lowest BCUT2D eigenvalue weighted by molar-refractivity contribution is 0.650. The monoisotopic (exact) mass is 264 g/mol. The van der Waals surface area contributed by atoms with Gasteiger partial charge in [-0.25, -0.2) is 5.43 Å². The highest BCUT2D eigenvalue weighted by Crippen LogP contribution is 2.19. The van der Waals surface area contributed by atoms with Crippen LogP contribution in [0.25, 0.3) is 0 Å². The summed E-state index contributed by atoms with van der Waals surface area (Å²) < 4.78 is 0.283. The van der Waals surface area contributed by atoms with Crippen LogP contribution in [-0.4, -0.2) is 16.3 Å². The van der Waals surface area contributed by atoms with Crippen LogP contribution in [0.1, 0.15) is 6.92 Å². The van der Waals surface area contributed by atoms with Gasteiger partial charge in [-0.05, 0) is 6.92 Å². The molecule has 2 aliphatic rings. The summed E-state index contributed by atoms with van der Waals surface area (Å²) in [6.45, 7) is 2.87. The topological polar surface area (TPSA) is 48.5 Å². The highest BCUT2D eigenvalue weighted by atomic mass is 127. The first-order valence-electron chi connectivity index (χ1n) is 3.45. The number of hydrazine groups is 1. The van der Waals surface area contributed by atoms with E-state index in [2.05, 4.69) is 43.8 Å². The van der Waals surface area contributed by atoms with E-state index in [4.69, 9.17) is 0 Å². The molecule has 11 heavy (non-hydrogen) atoms. The normalized spacial score (nSPS) is 28.9. The number of rotatable bonds is 0. The van der Waals surface area contributed by atoms with E-state index in [1.807, 2.05) is 6.92 Å². The molecule has 0 aliphatic carbocycles. The Hall–Kier alpha value is -0.300. The Morgan fingerprint density at radius 2 is 2.45 bits per heavy atom. The summed E-state index contributed by atoms with van der Waals surface area (Å²) in [5.74, 6) is 1.02. The van der Waals surface area contributed by atoms with E-state index in [9.17, 15) is 0 Å². The Labute approximate surface area is 78.6 Å². The third kappa shape index (κ3) is 1.22. The first kappa shape index (κ1) is 7.35. The summed E-state index contributed by atoms with van der Waals surface area (Å²) in [7, 11) is 0.